The summed E-state index contributed by atoms with van der Waals surface area (Å²) in [5.74, 6) is 2.13. The Balaban J connectivity index is 1.16. The summed E-state index contributed by atoms with van der Waals surface area (Å²) in [6.45, 7) is 4.46. The molecule has 1 aromatic carbocycles. The molecule has 2 saturated heterocycles. The molecule has 0 radical (unpaired) electrons. The smallest absolute Gasteiger partial charge is 0.321 e. The third kappa shape index (κ3) is 5.43. The Labute approximate surface area is 204 Å². The minimum atomic E-state index is -0.212. The van der Waals surface area contributed by atoms with E-state index in [1.165, 1.54) is 0 Å². The average Bonchev–Trinajstić information content (AvgIpc) is 3.35. The lowest BCUT2D eigenvalue weighted by molar-refractivity contribution is -0.123. The van der Waals surface area contributed by atoms with Crippen LogP contribution in [0.4, 0.5) is 10.5 Å². The number of piperidine rings is 1. The molecular weight excluding hydrogens is 448 g/mol. The fourth-order valence-corrected chi connectivity index (χ4v) is 4.92. The zero-order chi connectivity index (χ0) is 24.1. The number of hydrogen-bond donors (Lipinski definition) is 1. The van der Waals surface area contributed by atoms with Crippen LogP contribution in [0.1, 0.15) is 38.5 Å². The predicted molar refractivity (Wildman–Crippen MR) is 128 cm³/mol. The molecule has 0 saturated carbocycles. The predicted octanol–water partition coefficient (Wildman–Crippen LogP) is 3.96. The average molecular weight is 479 g/mol. The third-order valence-corrected chi connectivity index (χ3v) is 6.71. The van der Waals surface area contributed by atoms with Gasteiger partial charge in [-0.15, -0.1) is 0 Å². The molecular formula is C25H30N6O4. The maximum absolute atomic E-state index is 12.9. The zero-order valence-corrected chi connectivity index (χ0v) is 19.9. The summed E-state index contributed by atoms with van der Waals surface area (Å²) in [5.41, 5.74) is 1.07. The van der Waals surface area contributed by atoms with Crippen LogP contribution in [0, 0.1) is 5.92 Å². The van der Waals surface area contributed by atoms with Gasteiger partial charge in [0.25, 0.3) is 0 Å². The van der Waals surface area contributed by atoms with E-state index in [-0.39, 0.29) is 11.6 Å². The van der Waals surface area contributed by atoms with Crippen molar-refractivity contribution < 1.29 is 18.8 Å². The Bertz CT molecular complexity index is 1130. The topological polar surface area (TPSA) is 116 Å². The molecule has 1 spiro atoms. The van der Waals surface area contributed by atoms with Crippen molar-refractivity contribution in [2.75, 3.05) is 31.6 Å². The van der Waals surface area contributed by atoms with Gasteiger partial charge in [0.15, 0.2) is 0 Å². The molecule has 10 heteroatoms. The number of hydrogen-bond acceptors (Lipinski definition) is 8. The van der Waals surface area contributed by atoms with E-state index in [1.54, 1.807) is 18.6 Å². The maximum Gasteiger partial charge on any atom is 0.321 e. The largest absolute Gasteiger partial charge is 0.492 e. The molecule has 4 heterocycles. The minimum Gasteiger partial charge on any atom is -0.492 e. The van der Waals surface area contributed by atoms with E-state index in [1.807, 2.05) is 36.1 Å². The Morgan fingerprint density at radius 3 is 2.91 bits per heavy atom. The lowest BCUT2D eigenvalue weighted by Gasteiger charge is -2.46. The number of carbonyl (C=O) groups excluding carboxylic acids is 1. The van der Waals surface area contributed by atoms with Crippen molar-refractivity contribution >= 4 is 11.7 Å². The first-order valence-corrected chi connectivity index (χ1v) is 12.1. The standard InChI is InChI=1S/C25H30N6O4/c1-2-33-21-6-4-3-5-19(21)28-24(32)31-12-8-25(9-13-31)16-18(7-14-34-25)15-22-29-23(30-35-22)20-17-26-10-11-27-20/h3-6,10-11,17-18H,2,7-9,12-16H2,1H3,(H,28,32). The number of carbonyl (C=O) groups is 1. The quantitative estimate of drug-likeness (QED) is 0.566. The van der Waals surface area contributed by atoms with Crippen LogP contribution in [-0.4, -0.2) is 62.9 Å². The molecule has 2 aromatic heterocycles. The van der Waals surface area contributed by atoms with E-state index in [0.717, 1.165) is 25.7 Å². The molecule has 0 aliphatic carbocycles. The number of nitrogens with zero attached hydrogens (tertiary/aromatic N) is 5. The molecule has 10 nitrogen and oxygen atoms in total. The first-order chi connectivity index (χ1) is 17.1. The lowest BCUT2D eigenvalue weighted by atomic mass is 9.78. The summed E-state index contributed by atoms with van der Waals surface area (Å²) in [4.78, 5) is 27.6. The molecule has 2 aliphatic rings. The number of aromatic nitrogens is 4. The first kappa shape index (κ1) is 23.2. The molecule has 2 fully saturated rings. The third-order valence-electron chi connectivity index (χ3n) is 6.71. The number of ether oxygens (including phenoxy) is 2. The van der Waals surface area contributed by atoms with Gasteiger partial charge in [0, 0.05) is 38.5 Å². The number of nitrogens with one attached hydrogen (secondary N) is 1. The maximum atomic E-state index is 12.9. The highest BCUT2D eigenvalue weighted by Crippen LogP contribution is 2.39. The zero-order valence-electron chi connectivity index (χ0n) is 19.9. The van der Waals surface area contributed by atoms with Crippen LogP contribution in [0.2, 0.25) is 0 Å². The van der Waals surface area contributed by atoms with Crippen LogP contribution in [0.5, 0.6) is 5.75 Å². The fraction of sp³-hybridized carbons (Fsp3) is 0.480. The van der Waals surface area contributed by atoms with E-state index in [4.69, 9.17) is 14.0 Å². The van der Waals surface area contributed by atoms with E-state index < -0.39 is 0 Å². The fourth-order valence-electron chi connectivity index (χ4n) is 4.92. The van der Waals surface area contributed by atoms with E-state index in [2.05, 4.69) is 25.4 Å². The van der Waals surface area contributed by atoms with E-state index in [9.17, 15) is 4.79 Å². The van der Waals surface area contributed by atoms with Crippen molar-refractivity contribution in [2.45, 2.75) is 44.6 Å². The van der Waals surface area contributed by atoms with Crippen molar-refractivity contribution in [2.24, 2.45) is 5.92 Å². The number of urea groups is 1. The van der Waals surface area contributed by atoms with Crippen molar-refractivity contribution in [3.8, 4) is 17.3 Å². The van der Waals surface area contributed by atoms with Gasteiger partial charge in [-0.2, -0.15) is 4.98 Å². The molecule has 35 heavy (non-hydrogen) atoms. The van der Waals surface area contributed by atoms with Gasteiger partial charge in [0.2, 0.25) is 11.7 Å². The molecule has 2 aliphatic heterocycles. The number of benzene rings is 1. The van der Waals surface area contributed by atoms with Gasteiger partial charge < -0.3 is 24.2 Å². The van der Waals surface area contributed by atoms with Crippen molar-refractivity contribution in [3.63, 3.8) is 0 Å². The minimum absolute atomic E-state index is 0.109. The van der Waals surface area contributed by atoms with E-state index >= 15 is 0 Å². The van der Waals surface area contributed by atoms with Crippen molar-refractivity contribution in [3.05, 3.63) is 48.7 Å². The van der Waals surface area contributed by atoms with Gasteiger partial charge in [-0.1, -0.05) is 17.3 Å². The Morgan fingerprint density at radius 1 is 1.26 bits per heavy atom. The summed E-state index contributed by atoms with van der Waals surface area (Å²) < 4.78 is 17.4. The Morgan fingerprint density at radius 2 is 2.11 bits per heavy atom. The van der Waals surface area contributed by atoms with E-state index in [0.29, 0.717) is 67.5 Å². The number of anilines is 1. The highest BCUT2D eigenvalue weighted by Gasteiger charge is 2.41. The SMILES string of the molecule is CCOc1ccccc1NC(=O)N1CCC2(CC1)CC(Cc1nc(-c3cnccn3)no1)CCO2. The number of likely N-dealkylation sites (tertiary alicyclic amines) is 1. The molecule has 1 unspecified atom stereocenters. The van der Waals surface area contributed by atoms with Crippen LogP contribution in [-0.2, 0) is 11.2 Å². The first-order valence-electron chi connectivity index (χ1n) is 12.1. The number of amides is 2. The second-order valence-electron chi connectivity index (χ2n) is 9.04. The highest BCUT2D eigenvalue weighted by molar-refractivity contribution is 5.91. The van der Waals surface area contributed by atoms with Gasteiger partial charge in [-0.25, -0.2) is 9.78 Å². The molecule has 1 N–H and O–H groups in total. The molecule has 3 aromatic rings. The van der Waals surface area contributed by atoms with Gasteiger partial charge in [-0.05, 0) is 50.7 Å². The molecule has 184 valence electrons. The number of para-hydroxylation sites is 2. The van der Waals surface area contributed by atoms with Gasteiger partial charge in [-0.3, -0.25) is 4.98 Å². The summed E-state index contributed by atoms with van der Waals surface area (Å²) in [7, 11) is 0. The van der Waals surface area contributed by atoms with Crippen LogP contribution in [0.25, 0.3) is 11.5 Å². The molecule has 2 amide bonds. The van der Waals surface area contributed by atoms with Crippen LogP contribution < -0.4 is 10.1 Å². The van der Waals surface area contributed by atoms with Crippen LogP contribution >= 0.6 is 0 Å². The molecule has 1 atom stereocenters. The number of rotatable bonds is 6. The van der Waals surface area contributed by atoms with Gasteiger partial charge in [0.1, 0.15) is 11.4 Å². The van der Waals surface area contributed by atoms with Crippen molar-refractivity contribution in [1.82, 2.24) is 25.0 Å². The highest BCUT2D eigenvalue weighted by atomic mass is 16.5. The summed E-state index contributed by atoms with van der Waals surface area (Å²) >= 11 is 0. The Hall–Kier alpha value is -3.53. The second-order valence-corrected chi connectivity index (χ2v) is 9.04. The monoisotopic (exact) mass is 478 g/mol. The van der Waals surface area contributed by atoms with Gasteiger partial charge in [0.05, 0.1) is 24.1 Å². The van der Waals surface area contributed by atoms with Gasteiger partial charge >= 0.3 is 6.03 Å². The van der Waals surface area contributed by atoms with Crippen molar-refractivity contribution in [1.29, 1.82) is 0 Å². The lowest BCUT2D eigenvalue weighted by Crippen LogP contribution is -2.51. The van der Waals surface area contributed by atoms with Crippen LogP contribution in [0.15, 0.2) is 47.4 Å². The molecule has 5 rings (SSSR count). The summed E-state index contributed by atoms with van der Waals surface area (Å²) in [6, 6.07) is 7.39. The molecule has 0 bridgehead atoms. The van der Waals surface area contributed by atoms with Crippen LogP contribution in [0.3, 0.4) is 0 Å². The summed E-state index contributed by atoms with van der Waals surface area (Å²) in [5, 5.41) is 7.06. The normalized spacial score (nSPS) is 19.5. The Kier molecular flexibility index (Phi) is 6.89. The summed E-state index contributed by atoms with van der Waals surface area (Å²) in [6.07, 6.45) is 9.02. The second kappa shape index (κ2) is 10.4.